The van der Waals surface area contributed by atoms with E-state index in [0.717, 1.165) is 16.9 Å². The Labute approximate surface area is 195 Å². The van der Waals surface area contributed by atoms with Crippen molar-refractivity contribution in [2.24, 2.45) is 0 Å². The normalized spacial score (nSPS) is 11.2. The molecule has 0 unspecified atom stereocenters. The average molecular weight is 493 g/mol. The Bertz CT molecular complexity index is 1230. The van der Waals surface area contributed by atoms with E-state index in [-0.39, 0.29) is 10.8 Å². The predicted octanol–water partition coefficient (Wildman–Crippen LogP) is 2.69. The van der Waals surface area contributed by atoms with Gasteiger partial charge in [0.25, 0.3) is 0 Å². The van der Waals surface area contributed by atoms with Gasteiger partial charge >= 0.3 is 5.97 Å². The molecule has 3 N–H and O–H groups in total. The van der Waals surface area contributed by atoms with E-state index in [1.165, 1.54) is 14.2 Å². The first-order chi connectivity index (χ1) is 15.7. The maximum Gasteiger partial charge on any atom is 0.350 e. The first-order valence-corrected chi connectivity index (χ1v) is 12.1. The molecule has 11 nitrogen and oxygen atoms in total. The molecule has 3 aromatic rings. The molecular weight excluding hydrogens is 468 g/mol. The molecule has 0 fully saturated rings. The molecule has 2 aromatic heterocycles. The van der Waals surface area contributed by atoms with Gasteiger partial charge in [-0.2, -0.15) is 9.97 Å². The zero-order valence-electron chi connectivity index (χ0n) is 18.5. The van der Waals surface area contributed by atoms with Crippen LogP contribution in [-0.2, 0) is 21.3 Å². The fourth-order valence-electron chi connectivity index (χ4n) is 2.76. The number of thiazole rings is 1. The van der Waals surface area contributed by atoms with E-state index in [2.05, 4.69) is 30.3 Å². The first kappa shape index (κ1) is 24.4. The maximum absolute atomic E-state index is 12.1. The van der Waals surface area contributed by atoms with Crippen LogP contribution in [0.25, 0.3) is 0 Å². The lowest BCUT2D eigenvalue weighted by Crippen LogP contribution is -2.23. The number of benzene rings is 1. The number of sulfonamides is 1. The van der Waals surface area contributed by atoms with Gasteiger partial charge in [-0.15, -0.1) is 0 Å². The van der Waals surface area contributed by atoms with Crippen LogP contribution in [0, 0.1) is 6.92 Å². The number of nitrogens with one attached hydrogen (secondary N) is 3. The zero-order valence-corrected chi connectivity index (χ0v) is 20.1. The van der Waals surface area contributed by atoms with Crippen LogP contribution in [0.2, 0.25) is 0 Å². The molecule has 0 bridgehead atoms. The zero-order chi connectivity index (χ0) is 24.0. The molecular formula is C20H24N6O5S2. The second kappa shape index (κ2) is 10.6. The van der Waals surface area contributed by atoms with Crippen LogP contribution in [0.4, 0.5) is 16.9 Å². The monoisotopic (exact) mass is 492 g/mol. The van der Waals surface area contributed by atoms with Crippen molar-refractivity contribution in [1.29, 1.82) is 0 Å². The minimum absolute atomic E-state index is 0.202. The molecule has 0 aliphatic heterocycles. The van der Waals surface area contributed by atoms with Gasteiger partial charge in [-0.1, -0.05) is 30.4 Å². The molecule has 2 heterocycles. The van der Waals surface area contributed by atoms with E-state index in [0.29, 0.717) is 40.5 Å². The van der Waals surface area contributed by atoms with Gasteiger partial charge in [0.05, 0.1) is 24.8 Å². The highest BCUT2D eigenvalue weighted by Crippen LogP contribution is 2.26. The number of aryl methyl sites for hydroxylation is 1. The van der Waals surface area contributed by atoms with E-state index in [9.17, 15) is 13.2 Å². The molecule has 0 saturated carbocycles. The summed E-state index contributed by atoms with van der Waals surface area (Å²) in [6.45, 7) is 4.15. The quantitative estimate of drug-likeness (QED) is 0.361. The molecule has 13 heteroatoms. The van der Waals surface area contributed by atoms with Crippen molar-refractivity contribution in [1.82, 2.24) is 19.7 Å². The molecule has 0 aliphatic rings. The number of hydrogen-bond donors (Lipinski definition) is 3. The lowest BCUT2D eigenvalue weighted by Gasteiger charge is -2.10. The van der Waals surface area contributed by atoms with Crippen LogP contribution in [0.3, 0.4) is 0 Å². The van der Waals surface area contributed by atoms with Gasteiger partial charge in [-0.25, -0.2) is 22.9 Å². The van der Waals surface area contributed by atoms with Crippen molar-refractivity contribution in [3.8, 4) is 5.88 Å². The molecule has 0 spiro atoms. The van der Waals surface area contributed by atoms with Crippen molar-refractivity contribution in [3.05, 3.63) is 46.5 Å². The smallest absolute Gasteiger partial charge is 0.350 e. The highest BCUT2D eigenvalue weighted by molar-refractivity contribution is 7.89. The number of anilines is 3. The van der Waals surface area contributed by atoms with Crippen molar-refractivity contribution < 1.29 is 22.7 Å². The van der Waals surface area contributed by atoms with Crippen molar-refractivity contribution in [2.75, 3.05) is 31.4 Å². The number of methoxy groups -OCH3 is 2. The fourth-order valence-corrected chi connectivity index (χ4v) is 4.68. The number of rotatable bonds is 10. The molecule has 176 valence electrons. The highest BCUT2D eigenvalue weighted by atomic mass is 32.2. The van der Waals surface area contributed by atoms with Crippen molar-refractivity contribution >= 4 is 44.2 Å². The number of aromatic nitrogens is 3. The fraction of sp³-hybridized carbons (Fsp3) is 0.300. The summed E-state index contributed by atoms with van der Waals surface area (Å²) in [7, 11) is -0.697. The lowest BCUT2D eigenvalue weighted by atomic mass is 10.2. The Kier molecular flexibility index (Phi) is 7.79. The van der Waals surface area contributed by atoms with Crippen LogP contribution >= 0.6 is 11.3 Å². The van der Waals surface area contributed by atoms with E-state index in [4.69, 9.17) is 9.47 Å². The third-order valence-corrected chi connectivity index (χ3v) is 6.95. The van der Waals surface area contributed by atoms with Gasteiger partial charge in [0.15, 0.2) is 5.13 Å². The van der Waals surface area contributed by atoms with E-state index in [1.807, 2.05) is 0 Å². The summed E-state index contributed by atoms with van der Waals surface area (Å²) in [4.78, 5) is 25.4. The van der Waals surface area contributed by atoms with E-state index < -0.39 is 16.0 Å². The average Bonchev–Trinajstić information content (AvgIpc) is 3.17. The van der Waals surface area contributed by atoms with Gasteiger partial charge in [-0.3, -0.25) is 5.32 Å². The summed E-state index contributed by atoms with van der Waals surface area (Å²) >= 11 is 1.13. The van der Waals surface area contributed by atoms with Crippen molar-refractivity contribution in [3.63, 3.8) is 0 Å². The number of hydrogen-bond acceptors (Lipinski definition) is 11. The number of esters is 1. The van der Waals surface area contributed by atoms with Gasteiger partial charge in [0.1, 0.15) is 10.7 Å². The molecule has 0 aliphatic carbocycles. The molecule has 0 radical (unpaired) electrons. The van der Waals surface area contributed by atoms with Crippen LogP contribution in [-0.4, -0.2) is 50.1 Å². The summed E-state index contributed by atoms with van der Waals surface area (Å²) in [5.74, 6) is 0.573. The van der Waals surface area contributed by atoms with E-state index >= 15 is 0 Å². The summed E-state index contributed by atoms with van der Waals surface area (Å²) in [6.07, 6.45) is 0. The third kappa shape index (κ3) is 6.15. The molecule has 1 aromatic carbocycles. The standard InChI is InChI=1S/C20H24N6O5S2/c1-5-22-33(28,29)14-8-6-13(7-9-14)11-21-15-10-16(30-3)25-19(24-15)26-20-23-12(2)17(32-20)18(27)31-4/h6-10,22H,5,11H2,1-4H3,(H2,21,23,24,25,26). The van der Waals surface area contributed by atoms with Gasteiger partial charge in [-0.05, 0) is 24.6 Å². The van der Waals surface area contributed by atoms with Crippen molar-refractivity contribution in [2.45, 2.75) is 25.3 Å². The Morgan fingerprint density at radius 1 is 1.12 bits per heavy atom. The summed E-state index contributed by atoms with van der Waals surface area (Å²) < 4.78 is 36.6. The number of carbonyl (C=O) groups excluding carboxylic acids is 1. The summed E-state index contributed by atoms with van der Waals surface area (Å²) in [6, 6.07) is 8.17. The Hall–Kier alpha value is -3.29. The van der Waals surface area contributed by atoms with Crippen LogP contribution in [0.5, 0.6) is 5.88 Å². The SMILES string of the molecule is CCNS(=O)(=O)c1ccc(CNc2cc(OC)nc(Nc3nc(C)c(C(=O)OC)s3)n2)cc1. The third-order valence-electron chi connectivity index (χ3n) is 4.34. The Morgan fingerprint density at radius 2 is 1.85 bits per heavy atom. The molecule has 0 saturated heterocycles. The summed E-state index contributed by atoms with van der Waals surface area (Å²) in [5, 5.41) is 6.57. The van der Waals surface area contributed by atoms with Gasteiger partial charge < -0.3 is 14.8 Å². The van der Waals surface area contributed by atoms with Crippen LogP contribution in [0.15, 0.2) is 35.2 Å². The molecule has 0 atom stereocenters. The first-order valence-electron chi connectivity index (χ1n) is 9.84. The molecule has 33 heavy (non-hydrogen) atoms. The van der Waals surface area contributed by atoms with E-state index in [1.54, 1.807) is 44.2 Å². The Balaban J connectivity index is 1.73. The highest BCUT2D eigenvalue weighted by Gasteiger charge is 2.17. The second-order valence-corrected chi connectivity index (χ2v) is 9.43. The number of nitrogens with zero attached hydrogens (tertiary/aromatic N) is 3. The largest absolute Gasteiger partial charge is 0.481 e. The van der Waals surface area contributed by atoms with Crippen LogP contribution in [0.1, 0.15) is 27.9 Å². The lowest BCUT2D eigenvalue weighted by molar-refractivity contribution is 0.0605. The van der Waals surface area contributed by atoms with Gasteiger partial charge in [0.2, 0.25) is 21.9 Å². The molecule has 3 rings (SSSR count). The number of carbonyl (C=O) groups is 1. The second-order valence-electron chi connectivity index (χ2n) is 6.67. The minimum atomic E-state index is -3.50. The Morgan fingerprint density at radius 3 is 2.48 bits per heavy atom. The minimum Gasteiger partial charge on any atom is -0.481 e. The maximum atomic E-state index is 12.1. The number of ether oxygens (including phenoxy) is 2. The van der Waals surface area contributed by atoms with Crippen LogP contribution < -0.4 is 20.1 Å². The molecule has 0 amide bonds. The summed E-state index contributed by atoms with van der Waals surface area (Å²) in [5.41, 5.74) is 1.39. The van der Waals surface area contributed by atoms with Gasteiger partial charge in [0, 0.05) is 19.2 Å². The topological polar surface area (TPSA) is 144 Å². The predicted molar refractivity (Wildman–Crippen MR) is 125 cm³/mol.